The average molecular weight is 282 g/mol. The minimum absolute atomic E-state index is 0.121. The van der Waals surface area contributed by atoms with Gasteiger partial charge in [-0.15, -0.1) is 0 Å². The number of methoxy groups -OCH3 is 1. The van der Waals surface area contributed by atoms with Crippen molar-refractivity contribution in [3.8, 4) is 5.75 Å². The molecule has 1 unspecified atom stereocenters. The van der Waals surface area contributed by atoms with E-state index in [-0.39, 0.29) is 19.1 Å². The zero-order valence-electron chi connectivity index (χ0n) is 11.9. The molecule has 1 aromatic rings. The molecule has 1 amide bonds. The Balaban J connectivity index is 2.30. The number of carbonyl (C=O) groups is 1. The van der Waals surface area contributed by atoms with E-state index < -0.39 is 5.60 Å². The topological polar surface area (TPSA) is 93.8 Å². The largest absolute Gasteiger partial charge is 0.484 e. The molecule has 0 bridgehead atoms. The molecule has 6 nitrogen and oxygen atoms in total. The molecule has 0 aliphatic heterocycles. The number of amides is 1. The van der Waals surface area contributed by atoms with E-state index in [0.29, 0.717) is 24.5 Å². The highest BCUT2D eigenvalue weighted by Crippen LogP contribution is 2.14. The van der Waals surface area contributed by atoms with E-state index in [1.54, 1.807) is 38.3 Å². The normalized spacial score (nSPS) is 13.6. The lowest BCUT2D eigenvalue weighted by Crippen LogP contribution is -2.42. The molecule has 1 atom stereocenters. The first kappa shape index (κ1) is 16.3. The Morgan fingerprint density at radius 3 is 2.90 bits per heavy atom. The molecule has 4 N–H and O–H groups in total. The predicted octanol–water partition coefficient (Wildman–Crippen LogP) is 0.551. The van der Waals surface area contributed by atoms with Gasteiger partial charge in [-0.05, 0) is 19.1 Å². The van der Waals surface area contributed by atoms with E-state index in [1.165, 1.54) is 0 Å². The zero-order chi connectivity index (χ0) is 15.0. The Bertz CT molecular complexity index is 435. The average Bonchev–Trinajstić information content (AvgIpc) is 2.41. The van der Waals surface area contributed by atoms with Crippen molar-refractivity contribution in [2.24, 2.45) is 0 Å². The number of carbonyl (C=O) groups excluding carboxylic acids is 1. The summed E-state index contributed by atoms with van der Waals surface area (Å²) in [7, 11) is 1.56. The molecular formula is C14H22N2O4. The fourth-order valence-electron chi connectivity index (χ4n) is 1.50. The first-order valence-electron chi connectivity index (χ1n) is 6.39. The van der Waals surface area contributed by atoms with E-state index in [4.69, 9.17) is 15.2 Å². The molecule has 0 saturated heterocycles. The van der Waals surface area contributed by atoms with Gasteiger partial charge in [0.25, 0.3) is 5.91 Å². The standard InChI is InChI=1S/C14H22N2O4/c1-14(18,6-7-19-2)10-16-13(17)9-20-12-5-3-4-11(15)8-12/h3-5,8,18H,6-7,9-10,15H2,1-2H3,(H,16,17). The SMILES string of the molecule is COCCC(C)(O)CNC(=O)COc1cccc(N)c1. The van der Waals surface area contributed by atoms with Gasteiger partial charge in [-0.1, -0.05) is 6.07 Å². The van der Waals surface area contributed by atoms with Crippen LogP contribution >= 0.6 is 0 Å². The molecule has 0 aliphatic rings. The quantitative estimate of drug-likeness (QED) is 0.605. The number of nitrogens with one attached hydrogen (secondary N) is 1. The summed E-state index contributed by atoms with van der Waals surface area (Å²) in [6, 6.07) is 6.85. The maximum atomic E-state index is 11.6. The smallest absolute Gasteiger partial charge is 0.258 e. The Morgan fingerprint density at radius 1 is 1.50 bits per heavy atom. The maximum absolute atomic E-state index is 11.6. The van der Waals surface area contributed by atoms with Gasteiger partial charge in [0.05, 0.1) is 5.60 Å². The molecule has 0 radical (unpaired) electrons. The highest BCUT2D eigenvalue weighted by atomic mass is 16.5. The lowest BCUT2D eigenvalue weighted by atomic mass is 10.0. The van der Waals surface area contributed by atoms with Crippen LogP contribution < -0.4 is 15.8 Å². The zero-order valence-corrected chi connectivity index (χ0v) is 11.9. The molecule has 0 aliphatic carbocycles. The molecule has 6 heteroatoms. The number of nitrogen functional groups attached to an aromatic ring is 1. The molecule has 0 aromatic heterocycles. The summed E-state index contributed by atoms with van der Waals surface area (Å²) >= 11 is 0. The van der Waals surface area contributed by atoms with E-state index in [1.807, 2.05) is 0 Å². The van der Waals surface area contributed by atoms with Gasteiger partial charge in [-0.3, -0.25) is 4.79 Å². The predicted molar refractivity (Wildman–Crippen MR) is 76.5 cm³/mol. The van der Waals surface area contributed by atoms with Crippen LogP contribution in [0.3, 0.4) is 0 Å². The van der Waals surface area contributed by atoms with Crippen molar-refractivity contribution >= 4 is 11.6 Å². The second-order valence-electron chi connectivity index (χ2n) is 4.88. The first-order valence-corrected chi connectivity index (χ1v) is 6.39. The first-order chi connectivity index (χ1) is 9.43. The highest BCUT2D eigenvalue weighted by Gasteiger charge is 2.20. The molecule has 1 aromatic carbocycles. The van der Waals surface area contributed by atoms with Crippen LogP contribution in [0.4, 0.5) is 5.69 Å². The summed E-state index contributed by atoms with van der Waals surface area (Å²) in [5, 5.41) is 12.6. The van der Waals surface area contributed by atoms with Gasteiger partial charge in [-0.25, -0.2) is 0 Å². The van der Waals surface area contributed by atoms with E-state index in [0.717, 1.165) is 0 Å². The van der Waals surface area contributed by atoms with Gasteiger partial charge in [0.15, 0.2) is 6.61 Å². The second-order valence-corrected chi connectivity index (χ2v) is 4.88. The Hall–Kier alpha value is -1.79. The van der Waals surface area contributed by atoms with Crippen molar-refractivity contribution in [2.75, 3.05) is 32.6 Å². The number of aliphatic hydroxyl groups is 1. The molecule has 0 fully saturated rings. The van der Waals surface area contributed by atoms with Gasteiger partial charge in [0.2, 0.25) is 0 Å². The number of hydrogen-bond acceptors (Lipinski definition) is 5. The number of ether oxygens (including phenoxy) is 2. The molecule has 112 valence electrons. The van der Waals surface area contributed by atoms with Gasteiger partial charge >= 0.3 is 0 Å². The maximum Gasteiger partial charge on any atom is 0.258 e. The van der Waals surface area contributed by atoms with Crippen LogP contribution in [0.2, 0.25) is 0 Å². The van der Waals surface area contributed by atoms with Crippen LogP contribution in [0.25, 0.3) is 0 Å². The molecule has 0 spiro atoms. The van der Waals surface area contributed by atoms with E-state index in [2.05, 4.69) is 5.32 Å². The minimum atomic E-state index is -0.997. The summed E-state index contributed by atoms with van der Waals surface area (Å²) in [6.07, 6.45) is 0.444. The number of anilines is 1. The number of benzene rings is 1. The lowest BCUT2D eigenvalue weighted by molar-refractivity contribution is -0.124. The van der Waals surface area contributed by atoms with Crippen LogP contribution in [0.5, 0.6) is 5.75 Å². The summed E-state index contributed by atoms with van der Waals surface area (Å²) in [6.45, 7) is 2.10. The Kier molecular flexibility index (Phi) is 6.27. The number of rotatable bonds is 8. The van der Waals surface area contributed by atoms with Crippen molar-refractivity contribution in [1.82, 2.24) is 5.32 Å². The third-order valence-corrected chi connectivity index (χ3v) is 2.74. The Morgan fingerprint density at radius 2 is 2.25 bits per heavy atom. The van der Waals surface area contributed by atoms with Crippen molar-refractivity contribution in [3.63, 3.8) is 0 Å². The van der Waals surface area contributed by atoms with E-state index >= 15 is 0 Å². The second kappa shape index (κ2) is 7.72. The monoisotopic (exact) mass is 282 g/mol. The van der Waals surface area contributed by atoms with E-state index in [9.17, 15) is 9.90 Å². The van der Waals surface area contributed by atoms with Crippen molar-refractivity contribution < 1.29 is 19.4 Å². The van der Waals surface area contributed by atoms with Gasteiger partial charge in [0, 0.05) is 38.4 Å². The number of nitrogens with two attached hydrogens (primary N) is 1. The van der Waals surface area contributed by atoms with Gasteiger partial charge in [0.1, 0.15) is 5.75 Å². The molecular weight excluding hydrogens is 260 g/mol. The molecule has 0 saturated carbocycles. The highest BCUT2D eigenvalue weighted by molar-refractivity contribution is 5.77. The van der Waals surface area contributed by atoms with Crippen LogP contribution in [0, 0.1) is 0 Å². The van der Waals surface area contributed by atoms with Crippen LogP contribution in [-0.2, 0) is 9.53 Å². The van der Waals surface area contributed by atoms with Crippen molar-refractivity contribution in [3.05, 3.63) is 24.3 Å². The summed E-state index contributed by atoms with van der Waals surface area (Å²) in [5.41, 5.74) is 5.18. The van der Waals surface area contributed by atoms with Crippen LogP contribution in [0.15, 0.2) is 24.3 Å². The van der Waals surface area contributed by atoms with Crippen LogP contribution in [-0.4, -0.2) is 43.5 Å². The Labute approximate surface area is 118 Å². The van der Waals surface area contributed by atoms with Crippen LogP contribution in [0.1, 0.15) is 13.3 Å². The molecule has 1 rings (SSSR count). The fraction of sp³-hybridized carbons (Fsp3) is 0.500. The summed E-state index contributed by atoms with van der Waals surface area (Å²) in [5.74, 6) is 0.233. The third-order valence-electron chi connectivity index (χ3n) is 2.74. The fourth-order valence-corrected chi connectivity index (χ4v) is 1.50. The molecule has 20 heavy (non-hydrogen) atoms. The van der Waals surface area contributed by atoms with Gasteiger partial charge < -0.3 is 25.6 Å². The lowest BCUT2D eigenvalue weighted by Gasteiger charge is -2.23. The van der Waals surface area contributed by atoms with Gasteiger partial charge in [-0.2, -0.15) is 0 Å². The van der Waals surface area contributed by atoms with Crippen molar-refractivity contribution in [1.29, 1.82) is 0 Å². The third kappa shape index (κ3) is 6.40. The molecule has 0 heterocycles. The van der Waals surface area contributed by atoms with Crippen molar-refractivity contribution in [2.45, 2.75) is 18.9 Å². The summed E-state index contributed by atoms with van der Waals surface area (Å²) in [4.78, 5) is 11.6. The minimum Gasteiger partial charge on any atom is -0.484 e. The number of hydrogen-bond donors (Lipinski definition) is 3. The summed E-state index contributed by atoms with van der Waals surface area (Å²) < 4.78 is 10.2.